The van der Waals surface area contributed by atoms with Gasteiger partial charge in [0.1, 0.15) is 17.7 Å². The molecule has 0 saturated carbocycles. The molecule has 1 aromatic carbocycles. The standard InChI is InChI=1S/C12H11N3O2/c1-12(2,17)11(16)15-10-4-3-8(6-13)9(5-10)7-14/h3-5,17H,1-2H3,(H,15,16). The van der Waals surface area contributed by atoms with E-state index in [4.69, 9.17) is 10.5 Å². The SMILES string of the molecule is CC(C)(O)C(=O)Nc1ccc(C#N)c(C#N)c1. The highest BCUT2D eigenvalue weighted by Crippen LogP contribution is 2.16. The van der Waals surface area contributed by atoms with Crippen molar-refractivity contribution in [1.82, 2.24) is 0 Å². The van der Waals surface area contributed by atoms with Gasteiger partial charge in [-0.3, -0.25) is 4.79 Å². The largest absolute Gasteiger partial charge is 0.381 e. The number of anilines is 1. The molecule has 86 valence electrons. The molecule has 0 fully saturated rings. The summed E-state index contributed by atoms with van der Waals surface area (Å²) in [4.78, 5) is 11.5. The monoisotopic (exact) mass is 229 g/mol. The number of hydrogen-bond donors (Lipinski definition) is 2. The van der Waals surface area contributed by atoms with Crippen molar-refractivity contribution in [2.24, 2.45) is 0 Å². The molecule has 1 amide bonds. The number of carbonyl (C=O) groups is 1. The average molecular weight is 229 g/mol. The third-order valence-electron chi connectivity index (χ3n) is 2.07. The molecule has 0 atom stereocenters. The molecule has 0 spiro atoms. The Balaban J connectivity index is 3.01. The van der Waals surface area contributed by atoms with Crippen LogP contribution < -0.4 is 5.32 Å². The van der Waals surface area contributed by atoms with Gasteiger partial charge in [0.05, 0.1) is 11.1 Å². The van der Waals surface area contributed by atoms with E-state index in [1.807, 2.05) is 12.1 Å². The number of carbonyl (C=O) groups excluding carboxylic acids is 1. The average Bonchev–Trinajstić information content (AvgIpc) is 2.27. The van der Waals surface area contributed by atoms with E-state index in [1.54, 1.807) is 0 Å². The van der Waals surface area contributed by atoms with Gasteiger partial charge in [0.25, 0.3) is 5.91 Å². The molecule has 1 aromatic rings. The summed E-state index contributed by atoms with van der Waals surface area (Å²) >= 11 is 0. The summed E-state index contributed by atoms with van der Waals surface area (Å²) in [5.41, 5.74) is -0.705. The first kappa shape index (κ1) is 12.7. The number of amides is 1. The van der Waals surface area contributed by atoms with Gasteiger partial charge < -0.3 is 10.4 Å². The maximum atomic E-state index is 11.5. The van der Waals surface area contributed by atoms with Crippen LogP contribution in [0.15, 0.2) is 18.2 Å². The summed E-state index contributed by atoms with van der Waals surface area (Å²) in [6.45, 7) is 2.72. The van der Waals surface area contributed by atoms with E-state index in [1.165, 1.54) is 32.0 Å². The Morgan fingerprint density at radius 2 is 1.88 bits per heavy atom. The van der Waals surface area contributed by atoms with E-state index < -0.39 is 11.5 Å². The molecular weight excluding hydrogens is 218 g/mol. The van der Waals surface area contributed by atoms with E-state index in [0.29, 0.717) is 5.69 Å². The summed E-state index contributed by atoms with van der Waals surface area (Å²) in [5.74, 6) is -0.578. The van der Waals surface area contributed by atoms with Gasteiger partial charge >= 0.3 is 0 Å². The molecule has 0 saturated heterocycles. The lowest BCUT2D eigenvalue weighted by molar-refractivity contribution is -0.130. The van der Waals surface area contributed by atoms with Gasteiger partial charge in [-0.1, -0.05) is 0 Å². The molecule has 0 aromatic heterocycles. The molecule has 5 heteroatoms. The second-order valence-corrected chi connectivity index (χ2v) is 4.00. The van der Waals surface area contributed by atoms with Crippen LogP contribution in [-0.2, 0) is 4.79 Å². The van der Waals surface area contributed by atoms with Crippen LogP contribution in [0.25, 0.3) is 0 Å². The lowest BCUT2D eigenvalue weighted by Gasteiger charge is -2.16. The topological polar surface area (TPSA) is 96.9 Å². The predicted molar refractivity (Wildman–Crippen MR) is 60.8 cm³/mol. The van der Waals surface area contributed by atoms with Gasteiger partial charge in [-0.2, -0.15) is 10.5 Å². The van der Waals surface area contributed by atoms with Crippen LogP contribution in [-0.4, -0.2) is 16.6 Å². The Morgan fingerprint density at radius 1 is 1.29 bits per heavy atom. The number of nitrogens with one attached hydrogen (secondary N) is 1. The predicted octanol–water partition coefficient (Wildman–Crippen LogP) is 1.14. The summed E-state index contributed by atoms with van der Waals surface area (Å²) in [7, 11) is 0. The van der Waals surface area contributed by atoms with Crippen molar-refractivity contribution >= 4 is 11.6 Å². The molecule has 2 N–H and O–H groups in total. The first-order valence-electron chi connectivity index (χ1n) is 4.86. The second kappa shape index (κ2) is 4.65. The maximum Gasteiger partial charge on any atom is 0.255 e. The van der Waals surface area contributed by atoms with E-state index in [2.05, 4.69) is 5.32 Å². The van der Waals surface area contributed by atoms with Crippen molar-refractivity contribution in [3.63, 3.8) is 0 Å². The van der Waals surface area contributed by atoms with E-state index in [0.717, 1.165) is 0 Å². The van der Waals surface area contributed by atoms with Gasteiger partial charge in [0, 0.05) is 5.69 Å². The molecule has 17 heavy (non-hydrogen) atoms. The van der Waals surface area contributed by atoms with Gasteiger partial charge in [-0.15, -0.1) is 0 Å². The quantitative estimate of drug-likeness (QED) is 0.794. The fourth-order valence-corrected chi connectivity index (χ4v) is 1.10. The smallest absolute Gasteiger partial charge is 0.255 e. The lowest BCUT2D eigenvalue weighted by Crippen LogP contribution is -2.36. The summed E-state index contributed by atoms with van der Waals surface area (Å²) < 4.78 is 0. The molecule has 1 rings (SSSR count). The fraction of sp³-hybridized carbons (Fsp3) is 0.250. The van der Waals surface area contributed by atoms with Crippen LogP contribution in [0.3, 0.4) is 0 Å². The molecule has 0 radical (unpaired) electrons. The summed E-state index contributed by atoms with van der Waals surface area (Å²) in [6, 6.07) is 8.07. The third kappa shape index (κ3) is 3.04. The Kier molecular flexibility index (Phi) is 3.47. The van der Waals surface area contributed by atoms with Crippen LogP contribution in [0.2, 0.25) is 0 Å². The van der Waals surface area contributed by atoms with Crippen molar-refractivity contribution in [3.8, 4) is 12.1 Å². The van der Waals surface area contributed by atoms with Crippen molar-refractivity contribution in [2.75, 3.05) is 5.32 Å². The van der Waals surface area contributed by atoms with Gasteiger partial charge in [-0.05, 0) is 32.0 Å². The molecule has 0 bridgehead atoms. The number of benzene rings is 1. The number of aliphatic hydroxyl groups is 1. The number of rotatable bonds is 2. The van der Waals surface area contributed by atoms with Gasteiger partial charge in [0.2, 0.25) is 0 Å². The summed E-state index contributed by atoms with van der Waals surface area (Å²) in [6.07, 6.45) is 0. The van der Waals surface area contributed by atoms with Crippen LogP contribution in [0.1, 0.15) is 25.0 Å². The first-order valence-corrected chi connectivity index (χ1v) is 4.86. The molecule has 0 heterocycles. The van der Waals surface area contributed by atoms with E-state index >= 15 is 0 Å². The minimum atomic E-state index is -1.50. The van der Waals surface area contributed by atoms with Crippen molar-refractivity contribution < 1.29 is 9.90 Å². The van der Waals surface area contributed by atoms with Crippen LogP contribution in [0.4, 0.5) is 5.69 Å². The number of nitriles is 2. The molecule has 5 nitrogen and oxygen atoms in total. The Bertz CT molecular complexity index is 530. The minimum Gasteiger partial charge on any atom is -0.381 e. The normalized spacial score (nSPS) is 10.2. The Morgan fingerprint density at radius 3 is 2.35 bits per heavy atom. The minimum absolute atomic E-state index is 0.182. The van der Waals surface area contributed by atoms with E-state index in [-0.39, 0.29) is 11.1 Å². The zero-order valence-corrected chi connectivity index (χ0v) is 9.48. The number of nitrogens with zero attached hydrogens (tertiary/aromatic N) is 2. The first-order chi connectivity index (χ1) is 7.88. The zero-order chi connectivity index (χ0) is 13.1. The van der Waals surface area contributed by atoms with Crippen molar-refractivity contribution in [1.29, 1.82) is 10.5 Å². The highest BCUT2D eigenvalue weighted by atomic mass is 16.3. The van der Waals surface area contributed by atoms with Crippen LogP contribution in [0, 0.1) is 22.7 Å². The van der Waals surface area contributed by atoms with Crippen LogP contribution >= 0.6 is 0 Å². The third-order valence-corrected chi connectivity index (χ3v) is 2.07. The molecule has 0 aliphatic carbocycles. The molecular formula is C12H11N3O2. The highest BCUT2D eigenvalue weighted by molar-refractivity contribution is 5.96. The molecule has 0 aliphatic rings. The molecule has 0 aliphatic heterocycles. The fourth-order valence-electron chi connectivity index (χ4n) is 1.10. The highest BCUT2D eigenvalue weighted by Gasteiger charge is 2.23. The van der Waals surface area contributed by atoms with Gasteiger partial charge in [-0.25, -0.2) is 0 Å². The molecule has 0 unspecified atom stereocenters. The number of hydrogen-bond acceptors (Lipinski definition) is 4. The van der Waals surface area contributed by atoms with E-state index in [9.17, 15) is 9.90 Å². The van der Waals surface area contributed by atoms with Crippen molar-refractivity contribution in [2.45, 2.75) is 19.4 Å². The second-order valence-electron chi connectivity index (χ2n) is 4.00. The zero-order valence-electron chi connectivity index (χ0n) is 9.48. The van der Waals surface area contributed by atoms with Crippen LogP contribution in [0.5, 0.6) is 0 Å². The maximum absolute atomic E-state index is 11.5. The Labute approximate surface area is 98.9 Å². The Hall–Kier alpha value is -2.37. The summed E-state index contributed by atoms with van der Waals surface area (Å²) in [5, 5.41) is 29.4. The van der Waals surface area contributed by atoms with Crippen molar-refractivity contribution in [3.05, 3.63) is 29.3 Å². The van der Waals surface area contributed by atoms with Gasteiger partial charge in [0.15, 0.2) is 0 Å². The lowest BCUT2D eigenvalue weighted by atomic mass is 10.1.